The van der Waals surface area contributed by atoms with Crippen molar-refractivity contribution < 1.29 is 22.9 Å². The van der Waals surface area contributed by atoms with E-state index in [2.05, 4.69) is 10.6 Å². The Morgan fingerprint density at radius 3 is 2.43 bits per heavy atom. The molecule has 1 aliphatic rings. The molecule has 8 nitrogen and oxygen atoms in total. The van der Waals surface area contributed by atoms with Crippen molar-refractivity contribution in [2.24, 2.45) is 0 Å². The molecule has 0 aromatic heterocycles. The summed E-state index contributed by atoms with van der Waals surface area (Å²) in [4.78, 5) is 24.5. The molecule has 0 saturated carbocycles. The number of imide groups is 1. The van der Waals surface area contributed by atoms with Crippen molar-refractivity contribution in [1.82, 2.24) is 14.9 Å². The molecule has 3 N–H and O–H groups in total. The van der Waals surface area contributed by atoms with Gasteiger partial charge in [0.05, 0.1) is 31.1 Å². The molecule has 2 aromatic carbocycles. The van der Waals surface area contributed by atoms with Gasteiger partial charge in [-0.25, -0.2) is 13.2 Å². The first-order valence-corrected chi connectivity index (χ1v) is 10.7. The molecule has 28 heavy (non-hydrogen) atoms. The van der Waals surface area contributed by atoms with E-state index in [0.29, 0.717) is 32.7 Å². The lowest BCUT2D eigenvalue weighted by atomic mass is 10.1. The summed E-state index contributed by atoms with van der Waals surface area (Å²) in [7, 11) is -3.58. The second-order valence-electron chi connectivity index (χ2n) is 6.75. The number of hydrogen-bond donors (Lipinski definition) is 3. The van der Waals surface area contributed by atoms with E-state index in [4.69, 9.17) is 0 Å². The van der Waals surface area contributed by atoms with Gasteiger partial charge in [0, 0.05) is 6.54 Å². The summed E-state index contributed by atoms with van der Waals surface area (Å²) in [6.45, 7) is 4.03. The Morgan fingerprint density at radius 2 is 1.75 bits per heavy atom. The zero-order valence-electron chi connectivity index (χ0n) is 15.8. The highest BCUT2D eigenvalue weighted by Gasteiger charge is 2.31. The molecule has 3 amide bonds. The molecular formula is C19H25N4O4S+. The van der Waals surface area contributed by atoms with Crippen LogP contribution in [0.5, 0.6) is 0 Å². The summed E-state index contributed by atoms with van der Waals surface area (Å²) in [5.74, 6) is -0.369. The van der Waals surface area contributed by atoms with E-state index in [1.165, 1.54) is 4.31 Å². The molecule has 0 bridgehead atoms. The number of quaternary nitrogens is 1. The van der Waals surface area contributed by atoms with E-state index < -0.39 is 16.1 Å². The number of carbonyl (C=O) groups excluding carboxylic acids is 2. The van der Waals surface area contributed by atoms with Gasteiger partial charge in [-0.2, -0.15) is 4.31 Å². The van der Waals surface area contributed by atoms with E-state index in [-0.39, 0.29) is 17.3 Å². The van der Waals surface area contributed by atoms with E-state index in [1.54, 1.807) is 19.1 Å². The van der Waals surface area contributed by atoms with Gasteiger partial charge in [0.1, 0.15) is 0 Å². The van der Waals surface area contributed by atoms with Crippen LogP contribution in [0.1, 0.15) is 6.92 Å². The SMILES string of the molecule is CCNC(=O)NC(=O)C[NH+]1CCN(S(=O)(=O)c2ccc3ccccc3c2)CC1. The largest absolute Gasteiger partial charge is 0.338 e. The van der Waals surface area contributed by atoms with Crippen LogP contribution in [0, 0.1) is 0 Å². The summed E-state index contributed by atoms with van der Waals surface area (Å²) < 4.78 is 27.4. The molecule has 0 aliphatic carbocycles. The second-order valence-corrected chi connectivity index (χ2v) is 8.69. The molecule has 1 aliphatic heterocycles. The van der Waals surface area contributed by atoms with E-state index in [0.717, 1.165) is 15.7 Å². The van der Waals surface area contributed by atoms with Gasteiger partial charge in [-0.3, -0.25) is 10.1 Å². The summed E-state index contributed by atoms with van der Waals surface area (Å²) in [5.41, 5.74) is 0. The van der Waals surface area contributed by atoms with Gasteiger partial charge in [0.2, 0.25) is 10.0 Å². The maximum Gasteiger partial charge on any atom is 0.321 e. The zero-order valence-corrected chi connectivity index (χ0v) is 16.6. The predicted molar refractivity (Wildman–Crippen MR) is 105 cm³/mol. The van der Waals surface area contributed by atoms with E-state index in [9.17, 15) is 18.0 Å². The Kier molecular flexibility index (Phi) is 6.28. The van der Waals surface area contributed by atoms with Crippen LogP contribution >= 0.6 is 0 Å². The fourth-order valence-corrected chi connectivity index (χ4v) is 4.78. The van der Waals surface area contributed by atoms with Gasteiger partial charge in [-0.1, -0.05) is 30.3 Å². The van der Waals surface area contributed by atoms with Crippen LogP contribution in [0.4, 0.5) is 4.79 Å². The van der Waals surface area contributed by atoms with Crippen LogP contribution in [0.3, 0.4) is 0 Å². The third kappa shape index (κ3) is 4.67. The van der Waals surface area contributed by atoms with Crippen molar-refractivity contribution in [1.29, 1.82) is 0 Å². The highest BCUT2D eigenvalue weighted by molar-refractivity contribution is 7.89. The average Bonchev–Trinajstić information content (AvgIpc) is 2.68. The normalized spacial score (nSPS) is 16.0. The highest BCUT2D eigenvalue weighted by Crippen LogP contribution is 2.21. The number of amides is 3. The monoisotopic (exact) mass is 405 g/mol. The smallest absolute Gasteiger partial charge is 0.321 e. The standard InChI is InChI=1S/C19H24N4O4S/c1-2-20-19(25)21-18(24)14-22-9-11-23(12-10-22)28(26,27)17-8-7-15-5-3-4-6-16(15)13-17/h3-8,13H,2,9-12,14H2,1H3,(H2,20,21,24,25)/p+1. The summed E-state index contributed by atoms with van der Waals surface area (Å²) in [5, 5.41) is 6.65. The topological polar surface area (TPSA) is 100 Å². The molecule has 1 fully saturated rings. The first kappa shape index (κ1) is 20.2. The van der Waals surface area contributed by atoms with Crippen molar-refractivity contribution in [2.45, 2.75) is 11.8 Å². The molecule has 9 heteroatoms. The Morgan fingerprint density at radius 1 is 1.07 bits per heavy atom. The van der Waals surface area contributed by atoms with Crippen molar-refractivity contribution in [3.8, 4) is 0 Å². The van der Waals surface area contributed by atoms with E-state index >= 15 is 0 Å². The minimum atomic E-state index is -3.58. The number of piperazine rings is 1. The summed E-state index contributed by atoms with van der Waals surface area (Å²) >= 11 is 0. The Labute approximate surface area is 164 Å². The zero-order chi connectivity index (χ0) is 20.1. The first-order valence-electron chi connectivity index (χ1n) is 9.30. The number of nitrogens with one attached hydrogen (secondary N) is 3. The minimum Gasteiger partial charge on any atom is -0.338 e. The number of hydrogen-bond acceptors (Lipinski definition) is 4. The molecular weight excluding hydrogens is 380 g/mol. The lowest BCUT2D eigenvalue weighted by Gasteiger charge is -2.31. The molecule has 0 unspecified atom stereocenters. The molecule has 0 spiro atoms. The van der Waals surface area contributed by atoms with Crippen LogP contribution in [0.25, 0.3) is 10.8 Å². The van der Waals surface area contributed by atoms with Gasteiger partial charge >= 0.3 is 6.03 Å². The second kappa shape index (κ2) is 8.68. The number of carbonyl (C=O) groups is 2. The van der Waals surface area contributed by atoms with Crippen molar-refractivity contribution in [2.75, 3.05) is 39.3 Å². The molecule has 150 valence electrons. The molecule has 2 aromatic rings. The fraction of sp³-hybridized carbons (Fsp3) is 0.368. The fourth-order valence-electron chi connectivity index (χ4n) is 3.30. The molecule has 0 atom stereocenters. The van der Waals surface area contributed by atoms with Crippen molar-refractivity contribution in [3.05, 3.63) is 42.5 Å². The Balaban J connectivity index is 1.60. The Bertz CT molecular complexity index is 969. The number of fused-ring (bicyclic) bond motifs is 1. The van der Waals surface area contributed by atoms with Gasteiger partial charge in [0.25, 0.3) is 5.91 Å². The first-order chi connectivity index (χ1) is 13.4. The molecule has 1 saturated heterocycles. The maximum absolute atomic E-state index is 13.0. The van der Waals surface area contributed by atoms with Gasteiger partial charge < -0.3 is 10.2 Å². The van der Waals surface area contributed by atoms with Crippen LogP contribution in [-0.2, 0) is 14.8 Å². The lowest BCUT2D eigenvalue weighted by Crippen LogP contribution is -3.15. The van der Waals surface area contributed by atoms with Crippen molar-refractivity contribution >= 4 is 32.7 Å². The van der Waals surface area contributed by atoms with Crippen molar-refractivity contribution in [3.63, 3.8) is 0 Å². The molecule has 0 radical (unpaired) electrons. The quantitative estimate of drug-likeness (QED) is 0.629. The van der Waals surface area contributed by atoms with Crippen LogP contribution in [0.15, 0.2) is 47.4 Å². The third-order valence-electron chi connectivity index (χ3n) is 4.79. The van der Waals surface area contributed by atoms with Gasteiger partial charge in [0.15, 0.2) is 6.54 Å². The van der Waals surface area contributed by atoms with Crippen LogP contribution < -0.4 is 15.5 Å². The minimum absolute atomic E-state index is 0.140. The predicted octanol–water partition coefficient (Wildman–Crippen LogP) is -0.425. The van der Waals surface area contributed by atoms with Gasteiger partial charge in [-0.05, 0) is 29.8 Å². The van der Waals surface area contributed by atoms with E-state index in [1.807, 2.05) is 30.3 Å². The van der Waals surface area contributed by atoms with Crippen LogP contribution in [-0.4, -0.2) is 63.9 Å². The number of rotatable bonds is 5. The number of sulfonamides is 1. The third-order valence-corrected chi connectivity index (χ3v) is 6.68. The van der Waals surface area contributed by atoms with Crippen LogP contribution in [0.2, 0.25) is 0 Å². The number of urea groups is 1. The number of benzene rings is 2. The summed E-state index contributed by atoms with van der Waals surface area (Å²) in [6.07, 6.45) is 0. The summed E-state index contributed by atoms with van der Waals surface area (Å²) in [6, 6.07) is 12.3. The number of nitrogens with zero attached hydrogens (tertiary/aromatic N) is 1. The van der Waals surface area contributed by atoms with Gasteiger partial charge in [-0.15, -0.1) is 0 Å². The molecule has 3 rings (SSSR count). The average molecular weight is 406 g/mol. The lowest BCUT2D eigenvalue weighted by molar-refractivity contribution is -0.895. The Hall–Kier alpha value is -2.49. The maximum atomic E-state index is 13.0. The molecule has 1 heterocycles. The highest BCUT2D eigenvalue weighted by atomic mass is 32.2.